The molecule has 1 unspecified atom stereocenters. The van der Waals surface area contributed by atoms with Gasteiger partial charge in [0.2, 0.25) is 0 Å². The Morgan fingerprint density at radius 3 is 2.53 bits per heavy atom. The molecule has 3 rings (SSSR count). The molecule has 0 aromatic heterocycles. The van der Waals surface area contributed by atoms with E-state index in [1.54, 1.807) is 7.11 Å². The Balaban J connectivity index is 1.55. The molecule has 3 aromatic rings. The van der Waals surface area contributed by atoms with Crippen molar-refractivity contribution in [3.8, 4) is 16.9 Å². The normalized spacial score (nSPS) is 13.5. The molecule has 5 heteroatoms. The summed E-state index contributed by atoms with van der Waals surface area (Å²) in [6, 6.07) is 22.6. The van der Waals surface area contributed by atoms with Gasteiger partial charge in [0.1, 0.15) is 5.75 Å². The molecule has 0 aliphatic carbocycles. The summed E-state index contributed by atoms with van der Waals surface area (Å²) in [6.07, 6.45) is 0.0162. The minimum absolute atomic E-state index is 0.138. The number of β-amino-alcohol motifs (C(OH)–C–C–N with tert-alkyl or cyclic N) is 1. The number of methoxy groups -OCH3 is 1. The van der Waals surface area contributed by atoms with Crippen LogP contribution in [0.2, 0.25) is 5.02 Å². The van der Waals surface area contributed by atoms with Gasteiger partial charge in [-0.1, -0.05) is 71.8 Å². The van der Waals surface area contributed by atoms with E-state index in [-0.39, 0.29) is 18.2 Å². The van der Waals surface area contributed by atoms with E-state index in [2.05, 4.69) is 62.5 Å². The molecular weight excluding hydrogens is 446 g/mol. The van der Waals surface area contributed by atoms with Gasteiger partial charge in [-0.15, -0.1) is 0 Å². The lowest BCUT2D eigenvalue weighted by Crippen LogP contribution is -2.46. The summed E-state index contributed by atoms with van der Waals surface area (Å²) in [6.45, 7) is 9.04. The minimum atomic E-state index is -0.618. The van der Waals surface area contributed by atoms with E-state index in [1.165, 1.54) is 11.1 Å². The lowest BCUT2D eigenvalue weighted by Gasteiger charge is -2.28. The van der Waals surface area contributed by atoms with Crippen molar-refractivity contribution in [2.24, 2.45) is 0 Å². The second kappa shape index (κ2) is 11.9. The first-order valence-corrected chi connectivity index (χ1v) is 12.1. The number of aliphatic hydroxyl groups is 1. The smallest absolute Gasteiger partial charge is 0.137 e. The van der Waals surface area contributed by atoms with E-state index in [0.717, 1.165) is 23.1 Å². The molecule has 0 spiro atoms. The topological polar surface area (TPSA) is 50.7 Å². The van der Waals surface area contributed by atoms with E-state index in [9.17, 15) is 5.11 Å². The molecule has 3 aromatic carbocycles. The number of nitrogens with one attached hydrogen (secondary N) is 1. The van der Waals surface area contributed by atoms with Crippen molar-refractivity contribution < 1.29 is 14.6 Å². The zero-order chi connectivity index (χ0) is 24.7. The van der Waals surface area contributed by atoms with Gasteiger partial charge in [-0.2, -0.15) is 0 Å². The molecular formula is C29H36ClNO3. The van der Waals surface area contributed by atoms with Crippen LogP contribution in [0.4, 0.5) is 0 Å². The molecule has 4 nitrogen and oxygen atoms in total. The van der Waals surface area contributed by atoms with Crippen LogP contribution in [0.3, 0.4) is 0 Å². The number of hydrogen-bond acceptors (Lipinski definition) is 4. The zero-order valence-electron chi connectivity index (χ0n) is 20.8. The van der Waals surface area contributed by atoms with Gasteiger partial charge < -0.3 is 19.9 Å². The fourth-order valence-electron chi connectivity index (χ4n) is 4.11. The molecule has 34 heavy (non-hydrogen) atoms. The fraction of sp³-hybridized carbons (Fsp3) is 0.379. The molecule has 0 amide bonds. The van der Waals surface area contributed by atoms with Gasteiger partial charge in [0.15, 0.2) is 0 Å². The summed E-state index contributed by atoms with van der Waals surface area (Å²) >= 11 is 6.14. The summed E-state index contributed by atoms with van der Waals surface area (Å²) in [4.78, 5) is 0. The van der Waals surface area contributed by atoms with Gasteiger partial charge in [0.25, 0.3) is 0 Å². The van der Waals surface area contributed by atoms with Gasteiger partial charge in [-0.25, -0.2) is 0 Å². The molecule has 2 atom stereocenters. The molecule has 0 saturated carbocycles. The van der Waals surface area contributed by atoms with Crippen molar-refractivity contribution in [2.45, 2.75) is 51.9 Å². The first kappa shape index (κ1) is 26.2. The number of benzene rings is 3. The van der Waals surface area contributed by atoms with Crippen LogP contribution in [0.5, 0.6) is 5.75 Å². The molecule has 0 fully saturated rings. The largest absolute Gasteiger partial charge is 0.495 e. The van der Waals surface area contributed by atoms with Crippen molar-refractivity contribution in [2.75, 3.05) is 20.3 Å². The van der Waals surface area contributed by atoms with Crippen LogP contribution in [0.25, 0.3) is 11.1 Å². The highest BCUT2D eigenvalue weighted by Gasteiger charge is 2.21. The molecule has 0 radical (unpaired) electrons. The van der Waals surface area contributed by atoms with Crippen LogP contribution in [0.15, 0.2) is 66.7 Å². The van der Waals surface area contributed by atoms with Crippen LogP contribution >= 0.6 is 11.6 Å². The van der Waals surface area contributed by atoms with E-state index in [0.29, 0.717) is 17.3 Å². The average molecular weight is 482 g/mol. The number of aryl methyl sites for hydroxylation is 1. The minimum Gasteiger partial charge on any atom is -0.495 e. The van der Waals surface area contributed by atoms with E-state index in [1.807, 2.05) is 37.3 Å². The second-order valence-electron chi connectivity index (χ2n) is 9.50. The highest BCUT2D eigenvalue weighted by Crippen LogP contribution is 2.30. The van der Waals surface area contributed by atoms with Gasteiger partial charge in [-0.05, 0) is 68.5 Å². The maximum absolute atomic E-state index is 10.6. The van der Waals surface area contributed by atoms with Crippen LogP contribution in [0, 0.1) is 6.92 Å². The number of hydrogen-bond donors (Lipinski definition) is 2. The first-order chi connectivity index (χ1) is 16.2. The third-order valence-corrected chi connectivity index (χ3v) is 6.26. The Morgan fingerprint density at radius 2 is 1.79 bits per heavy atom. The van der Waals surface area contributed by atoms with E-state index >= 15 is 0 Å². The summed E-state index contributed by atoms with van der Waals surface area (Å²) < 4.78 is 11.4. The second-order valence-corrected chi connectivity index (χ2v) is 9.90. The lowest BCUT2D eigenvalue weighted by molar-refractivity contribution is -0.00397. The SMILES string of the molecule is COc1cc(CC(C)(C)NC[C@@H](O)COC(C)c2ccccc2-c2cccc(C)c2)ccc1Cl. The summed E-state index contributed by atoms with van der Waals surface area (Å²) in [5.41, 5.74) is 5.57. The number of aliphatic hydroxyl groups excluding tert-OH is 1. The van der Waals surface area contributed by atoms with Crippen LogP contribution < -0.4 is 10.1 Å². The average Bonchev–Trinajstić information content (AvgIpc) is 2.82. The van der Waals surface area contributed by atoms with Gasteiger partial charge >= 0.3 is 0 Å². The first-order valence-electron chi connectivity index (χ1n) is 11.7. The molecule has 0 saturated heterocycles. The quantitative estimate of drug-likeness (QED) is 0.334. The summed E-state index contributed by atoms with van der Waals surface area (Å²) in [7, 11) is 1.62. The summed E-state index contributed by atoms with van der Waals surface area (Å²) in [5.74, 6) is 0.670. The maximum atomic E-state index is 10.6. The highest BCUT2D eigenvalue weighted by molar-refractivity contribution is 6.32. The number of rotatable bonds is 11. The molecule has 182 valence electrons. The van der Waals surface area contributed by atoms with Crippen LogP contribution in [-0.2, 0) is 11.2 Å². The van der Waals surface area contributed by atoms with Crippen LogP contribution in [-0.4, -0.2) is 37.0 Å². The molecule has 0 heterocycles. The molecule has 0 aliphatic rings. The fourth-order valence-corrected chi connectivity index (χ4v) is 4.31. The van der Waals surface area contributed by atoms with Crippen molar-refractivity contribution in [1.29, 1.82) is 0 Å². The zero-order valence-corrected chi connectivity index (χ0v) is 21.5. The van der Waals surface area contributed by atoms with Crippen molar-refractivity contribution in [3.05, 3.63) is 88.4 Å². The Kier molecular flexibility index (Phi) is 9.15. The monoisotopic (exact) mass is 481 g/mol. The predicted octanol–water partition coefficient (Wildman–Crippen LogP) is 6.37. The van der Waals surface area contributed by atoms with E-state index < -0.39 is 6.10 Å². The number of halogens is 1. The van der Waals surface area contributed by atoms with Crippen molar-refractivity contribution in [3.63, 3.8) is 0 Å². The summed E-state index contributed by atoms with van der Waals surface area (Å²) in [5, 5.41) is 14.7. The third-order valence-electron chi connectivity index (χ3n) is 5.94. The number of ether oxygens (including phenoxy) is 2. The lowest BCUT2D eigenvalue weighted by atomic mass is 9.94. The Hall–Kier alpha value is -2.37. The third kappa shape index (κ3) is 7.31. The standard InChI is InChI=1S/C29H36ClNO3/c1-20-9-8-10-23(15-20)26-12-7-6-11-25(26)21(2)34-19-24(32)18-31-29(3,4)17-22-13-14-27(30)28(16-22)33-5/h6-16,21,24,31-32H,17-19H2,1-5H3/t21?,24-/m1/s1. The van der Waals surface area contributed by atoms with Crippen molar-refractivity contribution >= 4 is 11.6 Å². The molecule has 0 bridgehead atoms. The maximum Gasteiger partial charge on any atom is 0.137 e. The van der Waals surface area contributed by atoms with Gasteiger partial charge in [0, 0.05) is 12.1 Å². The Bertz CT molecular complexity index is 1080. The van der Waals surface area contributed by atoms with Gasteiger partial charge in [-0.3, -0.25) is 0 Å². The predicted molar refractivity (Wildman–Crippen MR) is 141 cm³/mol. The highest BCUT2D eigenvalue weighted by atomic mass is 35.5. The Labute approximate surface area is 208 Å². The Morgan fingerprint density at radius 1 is 1.03 bits per heavy atom. The van der Waals surface area contributed by atoms with Crippen LogP contribution in [0.1, 0.15) is 43.6 Å². The van der Waals surface area contributed by atoms with Gasteiger partial charge in [0.05, 0.1) is 30.9 Å². The van der Waals surface area contributed by atoms with E-state index in [4.69, 9.17) is 21.1 Å². The molecule has 0 aliphatic heterocycles. The molecule has 2 N–H and O–H groups in total. The van der Waals surface area contributed by atoms with Crippen molar-refractivity contribution in [1.82, 2.24) is 5.32 Å².